The van der Waals surface area contributed by atoms with Crippen molar-refractivity contribution in [2.45, 2.75) is 37.9 Å². The van der Waals surface area contributed by atoms with E-state index in [1.807, 2.05) is 5.32 Å². The SMILES string of the molecule is O=C(O)[C@@H]1CCC[C@@H](NC(=O)C(F)(F)F)C1. The number of hydrogen-bond acceptors (Lipinski definition) is 2. The Hall–Kier alpha value is -1.27. The standard InChI is InChI=1S/C9H12F3NO3/c10-9(11,12)8(16)13-6-3-1-2-5(4-6)7(14)15/h5-6H,1-4H2,(H,13,16)(H,14,15)/t5-,6-/m1/s1. The normalized spacial score (nSPS) is 26.2. The van der Waals surface area contributed by atoms with E-state index in [0.717, 1.165) is 0 Å². The molecule has 1 aliphatic carbocycles. The summed E-state index contributed by atoms with van der Waals surface area (Å²) < 4.78 is 35.8. The summed E-state index contributed by atoms with van der Waals surface area (Å²) in [6.07, 6.45) is -3.48. The molecule has 0 aromatic rings. The summed E-state index contributed by atoms with van der Waals surface area (Å²) in [4.78, 5) is 21.3. The van der Waals surface area contributed by atoms with Gasteiger partial charge in [-0.1, -0.05) is 6.42 Å². The molecule has 1 rings (SSSR count). The molecule has 16 heavy (non-hydrogen) atoms. The number of halogens is 3. The number of aliphatic carboxylic acids is 1. The maximum absolute atomic E-state index is 11.9. The van der Waals surface area contributed by atoms with Crippen LogP contribution >= 0.6 is 0 Å². The average Bonchev–Trinajstić information content (AvgIpc) is 2.16. The van der Waals surface area contributed by atoms with Crippen molar-refractivity contribution < 1.29 is 27.9 Å². The number of carboxylic acids is 1. The summed E-state index contributed by atoms with van der Waals surface area (Å²) in [6, 6.07) is -0.691. The van der Waals surface area contributed by atoms with Gasteiger partial charge >= 0.3 is 18.1 Å². The van der Waals surface area contributed by atoms with Crippen LogP contribution in [0.3, 0.4) is 0 Å². The van der Waals surface area contributed by atoms with Gasteiger partial charge in [-0.05, 0) is 19.3 Å². The Morgan fingerprint density at radius 3 is 2.38 bits per heavy atom. The van der Waals surface area contributed by atoms with Crippen LogP contribution in [0.5, 0.6) is 0 Å². The molecule has 1 aliphatic rings. The third-order valence-electron chi connectivity index (χ3n) is 2.62. The maximum Gasteiger partial charge on any atom is 0.471 e. The largest absolute Gasteiger partial charge is 0.481 e. The summed E-state index contributed by atoms with van der Waals surface area (Å²) >= 11 is 0. The lowest BCUT2D eigenvalue weighted by Crippen LogP contribution is -2.45. The first-order chi connectivity index (χ1) is 7.30. The molecule has 4 nitrogen and oxygen atoms in total. The van der Waals surface area contributed by atoms with E-state index in [1.165, 1.54) is 0 Å². The molecule has 0 aromatic carbocycles. The van der Waals surface area contributed by atoms with E-state index in [-0.39, 0.29) is 6.42 Å². The summed E-state index contributed by atoms with van der Waals surface area (Å²) in [7, 11) is 0. The molecule has 0 spiro atoms. The lowest BCUT2D eigenvalue weighted by atomic mass is 9.86. The zero-order valence-corrected chi connectivity index (χ0v) is 8.38. The number of nitrogens with one attached hydrogen (secondary N) is 1. The highest BCUT2D eigenvalue weighted by atomic mass is 19.4. The molecule has 0 heterocycles. The topological polar surface area (TPSA) is 66.4 Å². The van der Waals surface area contributed by atoms with E-state index in [2.05, 4.69) is 0 Å². The van der Waals surface area contributed by atoms with Gasteiger partial charge in [0.15, 0.2) is 0 Å². The lowest BCUT2D eigenvalue weighted by molar-refractivity contribution is -0.174. The molecule has 0 radical (unpaired) electrons. The van der Waals surface area contributed by atoms with Gasteiger partial charge in [0.25, 0.3) is 0 Å². The van der Waals surface area contributed by atoms with E-state index >= 15 is 0 Å². The lowest BCUT2D eigenvalue weighted by Gasteiger charge is -2.27. The number of rotatable bonds is 2. The van der Waals surface area contributed by atoms with Gasteiger partial charge in [-0.3, -0.25) is 9.59 Å². The summed E-state index contributed by atoms with van der Waals surface area (Å²) in [6.45, 7) is 0. The second kappa shape index (κ2) is 4.71. The highest BCUT2D eigenvalue weighted by molar-refractivity contribution is 5.82. The van der Waals surface area contributed by atoms with Crippen LogP contribution in [0.2, 0.25) is 0 Å². The van der Waals surface area contributed by atoms with Gasteiger partial charge in [-0.2, -0.15) is 13.2 Å². The zero-order chi connectivity index (χ0) is 12.3. The molecule has 92 valence electrons. The summed E-state index contributed by atoms with van der Waals surface area (Å²) in [5.74, 6) is -3.68. The number of carbonyl (C=O) groups is 2. The fourth-order valence-corrected chi connectivity index (χ4v) is 1.81. The van der Waals surface area contributed by atoms with Gasteiger partial charge in [0.2, 0.25) is 0 Å². The third-order valence-corrected chi connectivity index (χ3v) is 2.62. The predicted octanol–water partition coefficient (Wildman–Crippen LogP) is 1.31. The Bertz CT molecular complexity index is 290. The first-order valence-electron chi connectivity index (χ1n) is 4.91. The maximum atomic E-state index is 11.9. The third kappa shape index (κ3) is 3.39. The number of amides is 1. The zero-order valence-electron chi connectivity index (χ0n) is 8.38. The first kappa shape index (κ1) is 12.8. The van der Waals surface area contributed by atoms with Crippen LogP contribution in [0.4, 0.5) is 13.2 Å². The van der Waals surface area contributed by atoms with E-state index < -0.39 is 30.0 Å². The molecule has 0 saturated heterocycles. The second-order valence-corrected chi connectivity index (χ2v) is 3.87. The molecule has 1 amide bonds. The van der Waals surface area contributed by atoms with Gasteiger partial charge < -0.3 is 10.4 Å². The number of alkyl halides is 3. The molecule has 2 atom stereocenters. The molecule has 0 aliphatic heterocycles. The van der Waals surface area contributed by atoms with Crippen molar-refractivity contribution >= 4 is 11.9 Å². The average molecular weight is 239 g/mol. The minimum atomic E-state index is -4.91. The molecule has 0 unspecified atom stereocenters. The van der Waals surface area contributed by atoms with Crippen LogP contribution in [0.1, 0.15) is 25.7 Å². The Labute approximate surface area is 89.8 Å². The van der Waals surface area contributed by atoms with Gasteiger partial charge in [0.05, 0.1) is 5.92 Å². The quantitative estimate of drug-likeness (QED) is 0.763. The van der Waals surface area contributed by atoms with Crippen LogP contribution in [0.15, 0.2) is 0 Å². The minimum absolute atomic E-state index is 0.0666. The number of carboxylic acid groups (broad SMARTS) is 1. The summed E-state index contributed by atoms with van der Waals surface area (Å²) in [5.41, 5.74) is 0. The van der Waals surface area contributed by atoms with Crippen molar-refractivity contribution in [3.63, 3.8) is 0 Å². The predicted molar refractivity (Wildman–Crippen MR) is 47.6 cm³/mol. The van der Waals surface area contributed by atoms with Crippen molar-refractivity contribution in [2.24, 2.45) is 5.92 Å². The van der Waals surface area contributed by atoms with Gasteiger partial charge in [-0.15, -0.1) is 0 Å². The van der Waals surface area contributed by atoms with Crippen molar-refractivity contribution in [2.75, 3.05) is 0 Å². The van der Waals surface area contributed by atoms with Gasteiger partial charge in [0.1, 0.15) is 0 Å². The van der Waals surface area contributed by atoms with Gasteiger partial charge in [0, 0.05) is 6.04 Å². The molecule has 2 N–H and O–H groups in total. The van der Waals surface area contributed by atoms with E-state index in [1.54, 1.807) is 0 Å². The Morgan fingerprint density at radius 2 is 1.88 bits per heavy atom. The highest BCUT2D eigenvalue weighted by Crippen LogP contribution is 2.25. The molecular weight excluding hydrogens is 227 g/mol. The number of hydrogen-bond donors (Lipinski definition) is 2. The fourth-order valence-electron chi connectivity index (χ4n) is 1.81. The van der Waals surface area contributed by atoms with Crippen LogP contribution in [-0.4, -0.2) is 29.2 Å². The van der Waals surface area contributed by atoms with Crippen molar-refractivity contribution in [1.29, 1.82) is 0 Å². The van der Waals surface area contributed by atoms with Gasteiger partial charge in [-0.25, -0.2) is 0 Å². The van der Waals surface area contributed by atoms with E-state index in [9.17, 15) is 22.8 Å². The monoisotopic (exact) mass is 239 g/mol. The fraction of sp³-hybridized carbons (Fsp3) is 0.778. The van der Waals surface area contributed by atoms with Crippen LogP contribution in [-0.2, 0) is 9.59 Å². The molecule has 1 saturated carbocycles. The highest BCUT2D eigenvalue weighted by Gasteiger charge is 2.40. The molecule has 7 heteroatoms. The Kier molecular flexibility index (Phi) is 3.77. The number of carbonyl (C=O) groups excluding carboxylic acids is 1. The Morgan fingerprint density at radius 1 is 1.25 bits per heavy atom. The smallest absolute Gasteiger partial charge is 0.471 e. The minimum Gasteiger partial charge on any atom is -0.481 e. The molecular formula is C9H12F3NO3. The van der Waals surface area contributed by atoms with Crippen molar-refractivity contribution in [3.8, 4) is 0 Å². The summed E-state index contributed by atoms with van der Waals surface area (Å²) in [5, 5.41) is 10.5. The molecule has 0 aromatic heterocycles. The van der Waals surface area contributed by atoms with E-state index in [0.29, 0.717) is 19.3 Å². The first-order valence-corrected chi connectivity index (χ1v) is 4.91. The van der Waals surface area contributed by atoms with E-state index in [4.69, 9.17) is 5.11 Å². The van der Waals surface area contributed by atoms with Crippen LogP contribution < -0.4 is 5.32 Å². The van der Waals surface area contributed by atoms with Crippen LogP contribution in [0, 0.1) is 5.92 Å². The van der Waals surface area contributed by atoms with Crippen molar-refractivity contribution in [3.05, 3.63) is 0 Å². The van der Waals surface area contributed by atoms with Crippen LogP contribution in [0.25, 0.3) is 0 Å². The second-order valence-electron chi connectivity index (χ2n) is 3.87. The molecule has 0 bridgehead atoms. The Balaban J connectivity index is 2.49. The molecule has 1 fully saturated rings. The van der Waals surface area contributed by atoms with Crippen molar-refractivity contribution in [1.82, 2.24) is 5.32 Å².